The summed E-state index contributed by atoms with van der Waals surface area (Å²) in [5.41, 5.74) is 0.195. The van der Waals surface area contributed by atoms with E-state index < -0.39 is 16.0 Å². The molecule has 1 aliphatic carbocycles. The molecule has 8 heteroatoms. The number of hydrogen-bond donors (Lipinski definition) is 1. The fourth-order valence-electron chi connectivity index (χ4n) is 3.22. The maximum absolute atomic E-state index is 12.1. The number of sulfonamides is 1. The maximum Gasteiger partial charge on any atom is 0.338 e. The first-order valence-electron chi connectivity index (χ1n) is 9.12. The largest absolute Gasteiger partial charge is 0.452 e. The molecular formula is C19H28N2O5S. The Kier molecular flexibility index (Phi) is 7.00. The van der Waals surface area contributed by atoms with Crippen molar-refractivity contribution in [2.24, 2.45) is 11.8 Å². The van der Waals surface area contributed by atoms with E-state index in [1.165, 1.54) is 44.8 Å². The third kappa shape index (κ3) is 5.29. The van der Waals surface area contributed by atoms with E-state index in [2.05, 4.69) is 19.2 Å². The second kappa shape index (κ2) is 8.84. The average molecular weight is 397 g/mol. The van der Waals surface area contributed by atoms with Crippen molar-refractivity contribution in [3.05, 3.63) is 29.8 Å². The zero-order chi connectivity index (χ0) is 20.2. The molecule has 1 aliphatic rings. The number of carbonyl (C=O) groups excluding carboxylic acids is 2. The summed E-state index contributed by atoms with van der Waals surface area (Å²) in [6.07, 6.45) is 3.19. The van der Waals surface area contributed by atoms with E-state index in [1.54, 1.807) is 0 Å². The summed E-state index contributed by atoms with van der Waals surface area (Å²) in [5, 5.41) is 2.95. The molecule has 0 bridgehead atoms. The van der Waals surface area contributed by atoms with Gasteiger partial charge in [0.15, 0.2) is 6.61 Å². The van der Waals surface area contributed by atoms with Crippen LogP contribution in [0, 0.1) is 11.8 Å². The summed E-state index contributed by atoms with van der Waals surface area (Å²) in [6, 6.07) is 5.55. The normalized spacial score (nSPS) is 23.1. The highest BCUT2D eigenvalue weighted by molar-refractivity contribution is 7.89. The molecule has 1 amide bonds. The first-order chi connectivity index (χ1) is 12.6. The van der Waals surface area contributed by atoms with Gasteiger partial charge in [0.05, 0.1) is 10.5 Å². The summed E-state index contributed by atoms with van der Waals surface area (Å²) in [7, 11) is -0.685. The molecule has 1 aromatic rings. The average Bonchev–Trinajstić information content (AvgIpc) is 2.63. The SMILES string of the molecule is C[C@@H]1[C@@H](C)CCC[C@H]1NC(=O)COC(=O)c1ccc(S(=O)(=O)N(C)C)cc1. The number of benzene rings is 1. The van der Waals surface area contributed by atoms with Gasteiger partial charge in [-0.2, -0.15) is 0 Å². The van der Waals surface area contributed by atoms with Gasteiger partial charge in [-0.05, 0) is 42.5 Å². The molecule has 0 unspecified atom stereocenters. The number of nitrogens with zero attached hydrogens (tertiary/aromatic N) is 1. The molecule has 1 fully saturated rings. The van der Waals surface area contributed by atoms with Gasteiger partial charge < -0.3 is 10.1 Å². The zero-order valence-electron chi connectivity index (χ0n) is 16.3. The molecule has 1 N–H and O–H groups in total. The van der Waals surface area contributed by atoms with E-state index in [0.717, 1.165) is 17.1 Å². The van der Waals surface area contributed by atoms with Crippen LogP contribution >= 0.6 is 0 Å². The highest BCUT2D eigenvalue weighted by atomic mass is 32.2. The minimum atomic E-state index is -3.55. The van der Waals surface area contributed by atoms with Gasteiger partial charge in [0, 0.05) is 20.1 Å². The van der Waals surface area contributed by atoms with Crippen molar-refractivity contribution in [3.8, 4) is 0 Å². The molecule has 1 saturated carbocycles. The van der Waals surface area contributed by atoms with Crippen molar-refractivity contribution in [2.45, 2.75) is 44.0 Å². The molecule has 0 aliphatic heterocycles. The van der Waals surface area contributed by atoms with Gasteiger partial charge in [-0.25, -0.2) is 17.5 Å². The quantitative estimate of drug-likeness (QED) is 0.743. The van der Waals surface area contributed by atoms with Crippen LogP contribution < -0.4 is 5.32 Å². The van der Waals surface area contributed by atoms with Gasteiger partial charge >= 0.3 is 5.97 Å². The Labute approximate surface area is 161 Å². The number of ether oxygens (including phenoxy) is 1. The van der Waals surface area contributed by atoms with Crippen LogP contribution in [0.1, 0.15) is 43.5 Å². The number of nitrogens with one attached hydrogen (secondary N) is 1. The van der Waals surface area contributed by atoms with Crippen molar-refractivity contribution in [1.29, 1.82) is 0 Å². The first-order valence-corrected chi connectivity index (χ1v) is 10.6. The molecule has 0 radical (unpaired) electrons. The Morgan fingerprint density at radius 3 is 2.37 bits per heavy atom. The van der Waals surface area contributed by atoms with Gasteiger partial charge in [0.2, 0.25) is 10.0 Å². The number of hydrogen-bond acceptors (Lipinski definition) is 5. The Balaban J connectivity index is 1.89. The van der Waals surface area contributed by atoms with Crippen LogP contribution in [0.3, 0.4) is 0 Å². The summed E-state index contributed by atoms with van der Waals surface area (Å²) in [4.78, 5) is 24.3. The van der Waals surface area contributed by atoms with Crippen LogP contribution in [0.4, 0.5) is 0 Å². The van der Waals surface area contributed by atoms with E-state index in [4.69, 9.17) is 4.74 Å². The second-order valence-corrected chi connectivity index (χ2v) is 9.48. The predicted octanol–water partition coefficient (Wildman–Crippen LogP) is 2.03. The van der Waals surface area contributed by atoms with E-state index in [0.29, 0.717) is 11.8 Å². The molecular weight excluding hydrogens is 368 g/mol. The number of carbonyl (C=O) groups is 2. The van der Waals surface area contributed by atoms with E-state index in [-0.39, 0.29) is 29.0 Å². The topological polar surface area (TPSA) is 92.8 Å². The summed E-state index contributed by atoms with van der Waals surface area (Å²) < 4.78 is 30.2. The molecule has 7 nitrogen and oxygen atoms in total. The second-order valence-electron chi connectivity index (χ2n) is 7.33. The van der Waals surface area contributed by atoms with Gasteiger partial charge in [0.1, 0.15) is 0 Å². The van der Waals surface area contributed by atoms with Crippen LogP contribution in [-0.4, -0.2) is 51.3 Å². The highest BCUT2D eigenvalue weighted by Crippen LogP contribution is 2.29. The lowest BCUT2D eigenvalue weighted by molar-refractivity contribution is -0.125. The molecule has 3 atom stereocenters. The lowest BCUT2D eigenvalue weighted by Gasteiger charge is -2.34. The summed E-state index contributed by atoms with van der Waals surface area (Å²) >= 11 is 0. The van der Waals surface area contributed by atoms with Gasteiger partial charge in [0.25, 0.3) is 5.91 Å². The first kappa shape index (κ1) is 21.4. The molecule has 0 spiro atoms. The molecule has 2 rings (SSSR count). The Morgan fingerprint density at radius 1 is 1.15 bits per heavy atom. The highest BCUT2D eigenvalue weighted by Gasteiger charge is 2.28. The fraction of sp³-hybridized carbons (Fsp3) is 0.579. The van der Waals surface area contributed by atoms with Gasteiger partial charge in [-0.1, -0.05) is 26.7 Å². The van der Waals surface area contributed by atoms with Crippen molar-refractivity contribution in [3.63, 3.8) is 0 Å². The monoisotopic (exact) mass is 396 g/mol. The lowest BCUT2D eigenvalue weighted by Crippen LogP contribution is -2.45. The molecule has 27 heavy (non-hydrogen) atoms. The molecule has 1 aromatic carbocycles. The van der Waals surface area contributed by atoms with Crippen molar-refractivity contribution >= 4 is 21.9 Å². The van der Waals surface area contributed by atoms with Crippen molar-refractivity contribution < 1.29 is 22.7 Å². The van der Waals surface area contributed by atoms with Crippen LogP contribution in [-0.2, 0) is 19.6 Å². The van der Waals surface area contributed by atoms with Gasteiger partial charge in [-0.3, -0.25) is 4.79 Å². The molecule has 150 valence electrons. The molecule has 0 heterocycles. The third-order valence-electron chi connectivity index (χ3n) is 5.26. The van der Waals surface area contributed by atoms with Crippen LogP contribution in [0.2, 0.25) is 0 Å². The smallest absolute Gasteiger partial charge is 0.338 e. The van der Waals surface area contributed by atoms with E-state index in [1.807, 2.05) is 0 Å². The summed E-state index contributed by atoms with van der Waals surface area (Å²) in [6.45, 7) is 3.96. The lowest BCUT2D eigenvalue weighted by atomic mass is 9.78. The van der Waals surface area contributed by atoms with Gasteiger partial charge in [-0.15, -0.1) is 0 Å². The predicted molar refractivity (Wildman–Crippen MR) is 102 cm³/mol. The Hall–Kier alpha value is -1.93. The fourth-order valence-corrected chi connectivity index (χ4v) is 4.12. The number of amides is 1. The molecule has 0 aromatic heterocycles. The zero-order valence-corrected chi connectivity index (χ0v) is 17.1. The maximum atomic E-state index is 12.1. The van der Waals surface area contributed by atoms with Crippen LogP contribution in [0.25, 0.3) is 0 Å². The van der Waals surface area contributed by atoms with Crippen molar-refractivity contribution in [2.75, 3.05) is 20.7 Å². The van der Waals surface area contributed by atoms with Crippen LogP contribution in [0.15, 0.2) is 29.2 Å². The summed E-state index contributed by atoms with van der Waals surface area (Å²) in [5.74, 6) is -0.0294. The number of esters is 1. The Bertz CT molecular complexity index is 774. The molecule has 0 saturated heterocycles. The third-order valence-corrected chi connectivity index (χ3v) is 7.09. The Morgan fingerprint density at radius 2 is 1.78 bits per heavy atom. The minimum absolute atomic E-state index is 0.0854. The standard InChI is InChI=1S/C19H28N2O5S/c1-13-6-5-7-17(14(13)2)20-18(22)12-26-19(23)15-8-10-16(11-9-15)27(24,25)21(3)4/h8-11,13-14,17H,5-7,12H2,1-4H3,(H,20,22)/t13-,14+,17+/m0/s1. The van der Waals surface area contributed by atoms with E-state index in [9.17, 15) is 18.0 Å². The van der Waals surface area contributed by atoms with Crippen LogP contribution in [0.5, 0.6) is 0 Å². The van der Waals surface area contributed by atoms with E-state index >= 15 is 0 Å². The minimum Gasteiger partial charge on any atom is -0.452 e. The number of rotatable bonds is 6. The van der Waals surface area contributed by atoms with Crippen molar-refractivity contribution in [1.82, 2.24) is 9.62 Å².